The highest BCUT2D eigenvalue weighted by Gasteiger charge is 2.25. The highest BCUT2D eigenvalue weighted by atomic mass is 16.2. The Labute approximate surface area is 73.3 Å². The molecule has 0 aromatic heterocycles. The second-order valence-electron chi connectivity index (χ2n) is 3.36. The van der Waals surface area contributed by atoms with Crippen LogP contribution in [0.3, 0.4) is 0 Å². The molecule has 0 spiro atoms. The second kappa shape index (κ2) is 3.76. The number of carbonyl (C=O) groups is 1. The molecule has 1 heterocycles. The number of likely N-dealkylation sites (N-methyl/N-ethyl adjacent to an activating group) is 1. The van der Waals surface area contributed by atoms with Crippen molar-refractivity contribution in [2.75, 3.05) is 26.7 Å². The van der Waals surface area contributed by atoms with Gasteiger partial charge in [0.15, 0.2) is 0 Å². The van der Waals surface area contributed by atoms with E-state index in [2.05, 4.69) is 18.9 Å². The number of amides is 2. The average Bonchev–Trinajstić information content (AvgIpc) is 2.03. The van der Waals surface area contributed by atoms with Crippen molar-refractivity contribution in [3.63, 3.8) is 0 Å². The van der Waals surface area contributed by atoms with Crippen molar-refractivity contribution in [2.45, 2.75) is 19.4 Å². The molecule has 0 saturated carbocycles. The third-order valence-electron chi connectivity index (χ3n) is 2.44. The van der Waals surface area contributed by atoms with Gasteiger partial charge in [-0.15, -0.1) is 0 Å². The molecule has 0 aromatic carbocycles. The maximum atomic E-state index is 11.0. The number of rotatable bonds is 1. The van der Waals surface area contributed by atoms with Crippen LogP contribution >= 0.6 is 0 Å². The number of primary amides is 1. The van der Waals surface area contributed by atoms with Crippen LogP contribution in [0.5, 0.6) is 0 Å². The molecule has 1 saturated heterocycles. The molecule has 2 amide bonds. The van der Waals surface area contributed by atoms with Crippen LogP contribution in [0.15, 0.2) is 0 Å². The number of hydrogen-bond donors (Lipinski definition) is 1. The molecule has 1 unspecified atom stereocenters. The van der Waals surface area contributed by atoms with Gasteiger partial charge in [-0.05, 0) is 13.5 Å². The molecule has 1 aliphatic rings. The van der Waals surface area contributed by atoms with E-state index in [1.807, 2.05) is 0 Å². The molecule has 0 radical (unpaired) electrons. The fraction of sp³-hybridized carbons (Fsp3) is 0.875. The van der Waals surface area contributed by atoms with Crippen LogP contribution in [-0.4, -0.2) is 48.6 Å². The Bertz CT molecular complexity index is 172. The molecule has 2 N–H and O–H groups in total. The molecule has 0 bridgehead atoms. The number of nitrogens with two attached hydrogens (primary N) is 1. The second-order valence-corrected chi connectivity index (χ2v) is 3.36. The van der Waals surface area contributed by atoms with Crippen molar-refractivity contribution in [1.82, 2.24) is 9.80 Å². The quantitative estimate of drug-likeness (QED) is 0.608. The Balaban J connectivity index is 2.56. The minimum Gasteiger partial charge on any atom is -0.351 e. The zero-order chi connectivity index (χ0) is 9.14. The maximum absolute atomic E-state index is 11.0. The molecule has 1 rings (SSSR count). The summed E-state index contributed by atoms with van der Waals surface area (Å²) in [6.07, 6.45) is 0.979. The summed E-state index contributed by atoms with van der Waals surface area (Å²) in [6, 6.07) is 0.0243. The molecule has 1 atom stereocenters. The summed E-state index contributed by atoms with van der Waals surface area (Å²) in [4.78, 5) is 15.0. The van der Waals surface area contributed by atoms with E-state index in [1.54, 1.807) is 4.90 Å². The van der Waals surface area contributed by atoms with E-state index in [9.17, 15) is 4.79 Å². The van der Waals surface area contributed by atoms with Gasteiger partial charge in [0.2, 0.25) is 0 Å². The SMILES string of the molecule is CCC1CN(C)CCN1C(N)=O. The number of urea groups is 1. The fourth-order valence-corrected chi connectivity index (χ4v) is 1.65. The van der Waals surface area contributed by atoms with E-state index in [0.29, 0.717) is 6.04 Å². The summed E-state index contributed by atoms with van der Waals surface area (Å²) in [5.41, 5.74) is 5.25. The van der Waals surface area contributed by atoms with E-state index >= 15 is 0 Å². The van der Waals surface area contributed by atoms with Gasteiger partial charge in [-0.25, -0.2) is 4.79 Å². The number of carbonyl (C=O) groups excluding carboxylic acids is 1. The van der Waals surface area contributed by atoms with Gasteiger partial charge >= 0.3 is 6.03 Å². The van der Waals surface area contributed by atoms with Gasteiger partial charge in [-0.3, -0.25) is 0 Å². The van der Waals surface area contributed by atoms with Crippen LogP contribution in [0.2, 0.25) is 0 Å². The summed E-state index contributed by atoms with van der Waals surface area (Å²) >= 11 is 0. The summed E-state index contributed by atoms with van der Waals surface area (Å²) in [7, 11) is 2.07. The first kappa shape index (κ1) is 9.32. The fourth-order valence-electron chi connectivity index (χ4n) is 1.65. The summed E-state index contributed by atoms with van der Waals surface area (Å²) < 4.78 is 0. The van der Waals surface area contributed by atoms with Crippen molar-refractivity contribution in [3.05, 3.63) is 0 Å². The molecule has 0 aliphatic carbocycles. The standard InChI is InChI=1S/C8H17N3O/c1-3-7-6-10(2)4-5-11(7)8(9)12/h7H,3-6H2,1-2H3,(H2,9,12). The predicted octanol–water partition coefficient (Wildman–Crippen LogP) is 0.0911. The van der Waals surface area contributed by atoms with E-state index < -0.39 is 0 Å². The zero-order valence-electron chi connectivity index (χ0n) is 7.79. The Hall–Kier alpha value is -0.770. The van der Waals surface area contributed by atoms with Crippen molar-refractivity contribution in [3.8, 4) is 0 Å². The topological polar surface area (TPSA) is 49.6 Å². The van der Waals surface area contributed by atoms with E-state index in [1.165, 1.54) is 0 Å². The first-order valence-corrected chi connectivity index (χ1v) is 4.39. The molecule has 70 valence electrons. The predicted molar refractivity (Wildman–Crippen MR) is 47.9 cm³/mol. The molecule has 4 nitrogen and oxygen atoms in total. The maximum Gasteiger partial charge on any atom is 0.315 e. The van der Waals surface area contributed by atoms with Crippen molar-refractivity contribution >= 4 is 6.03 Å². The molecular formula is C8H17N3O. The molecule has 12 heavy (non-hydrogen) atoms. The van der Waals surface area contributed by atoms with Crippen molar-refractivity contribution in [1.29, 1.82) is 0 Å². The summed E-state index contributed by atoms with van der Waals surface area (Å²) in [5, 5.41) is 0. The molecule has 1 fully saturated rings. The Kier molecular flexibility index (Phi) is 2.92. The Morgan fingerprint density at radius 3 is 2.75 bits per heavy atom. The van der Waals surface area contributed by atoms with Crippen molar-refractivity contribution in [2.24, 2.45) is 5.73 Å². The molecule has 0 aromatic rings. The van der Waals surface area contributed by atoms with Crippen LogP contribution in [0, 0.1) is 0 Å². The molecule has 1 aliphatic heterocycles. The third-order valence-corrected chi connectivity index (χ3v) is 2.44. The van der Waals surface area contributed by atoms with Crippen LogP contribution in [-0.2, 0) is 0 Å². The molecule has 4 heteroatoms. The van der Waals surface area contributed by atoms with Gasteiger partial charge in [0, 0.05) is 25.7 Å². The minimum absolute atomic E-state index is 0.282. The number of nitrogens with zero attached hydrogens (tertiary/aromatic N) is 2. The summed E-state index contributed by atoms with van der Waals surface area (Å²) in [6.45, 7) is 4.73. The lowest BCUT2D eigenvalue weighted by Crippen LogP contribution is -2.55. The summed E-state index contributed by atoms with van der Waals surface area (Å²) in [5.74, 6) is 0. The molecular weight excluding hydrogens is 154 g/mol. The van der Waals surface area contributed by atoms with Gasteiger partial charge in [-0.2, -0.15) is 0 Å². The van der Waals surface area contributed by atoms with Gasteiger partial charge in [0.25, 0.3) is 0 Å². The average molecular weight is 171 g/mol. The number of hydrogen-bond acceptors (Lipinski definition) is 2. The first-order valence-electron chi connectivity index (χ1n) is 4.39. The smallest absolute Gasteiger partial charge is 0.315 e. The van der Waals surface area contributed by atoms with Crippen LogP contribution in [0.4, 0.5) is 4.79 Å². The van der Waals surface area contributed by atoms with Crippen LogP contribution < -0.4 is 5.73 Å². The van der Waals surface area contributed by atoms with Gasteiger partial charge < -0.3 is 15.5 Å². The highest BCUT2D eigenvalue weighted by Crippen LogP contribution is 2.10. The minimum atomic E-state index is -0.282. The van der Waals surface area contributed by atoms with Crippen LogP contribution in [0.1, 0.15) is 13.3 Å². The van der Waals surface area contributed by atoms with Gasteiger partial charge in [0.05, 0.1) is 0 Å². The van der Waals surface area contributed by atoms with E-state index in [0.717, 1.165) is 26.1 Å². The Morgan fingerprint density at radius 2 is 2.25 bits per heavy atom. The first-order chi connectivity index (χ1) is 5.65. The van der Waals surface area contributed by atoms with Gasteiger partial charge in [-0.1, -0.05) is 6.92 Å². The van der Waals surface area contributed by atoms with Gasteiger partial charge in [0.1, 0.15) is 0 Å². The largest absolute Gasteiger partial charge is 0.351 e. The number of piperazine rings is 1. The third kappa shape index (κ3) is 1.88. The van der Waals surface area contributed by atoms with Crippen LogP contribution in [0.25, 0.3) is 0 Å². The Morgan fingerprint density at radius 1 is 1.58 bits per heavy atom. The lowest BCUT2D eigenvalue weighted by atomic mass is 10.1. The monoisotopic (exact) mass is 171 g/mol. The lowest BCUT2D eigenvalue weighted by Gasteiger charge is -2.38. The van der Waals surface area contributed by atoms with E-state index in [-0.39, 0.29) is 6.03 Å². The lowest BCUT2D eigenvalue weighted by molar-refractivity contribution is 0.112. The van der Waals surface area contributed by atoms with E-state index in [4.69, 9.17) is 5.73 Å². The normalized spacial score (nSPS) is 25.8. The highest BCUT2D eigenvalue weighted by molar-refractivity contribution is 5.72. The zero-order valence-corrected chi connectivity index (χ0v) is 7.79. The van der Waals surface area contributed by atoms with Crippen molar-refractivity contribution < 1.29 is 4.79 Å².